The average Bonchev–Trinajstić information content (AvgIpc) is 2.59. The first kappa shape index (κ1) is 10.1. The lowest BCUT2D eigenvalue weighted by molar-refractivity contribution is 0.817. The monoisotopic (exact) mass is 203 g/mol. The van der Waals surface area contributed by atoms with Crippen LogP contribution in [0.2, 0.25) is 0 Å². The fourth-order valence-corrected chi connectivity index (χ4v) is 1.69. The average molecular weight is 203 g/mol. The minimum Gasteiger partial charge on any atom is -0.279 e. The Kier molecular flexibility index (Phi) is 2.47. The van der Waals surface area contributed by atoms with Crippen molar-refractivity contribution >= 4 is 11.0 Å². The van der Waals surface area contributed by atoms with Gasteiger partial charge in [-0.1, -0.05) is 27.7 Å². The summed E-state index contributed by atoms with van der Waals surface area (Å²) in [6.07, 6.45) is 1.91. The van der Waals surface area contributed by atoms with Crippen LogP contribution in [0.1, 0.15) is 50.8 Å². The molecule has 3 nitrogen and oxygen atoms in total. The van der Waals surface area contributed by atoms with Gasteiger partial charge in [-0.25, -0.2) is 4.98 Å². The molecular formula is C12H17N3. The molecule has 0 aliphatic heterocycles. The number of hydrogen-bond acceptors (Lipinski definition) is 2. The Bertz CT molecular complexity index is 469. The Morgan fingerprint density at radius 1 is 1.13 bits per heavy atom. The summed E-state index contributed by atoms with van der Waals surface area (Å²) in [7, 11) is 0. The van der Waals surface area contributed by atoms with Crippen molar-refractivity contribution in [2.24, 2.45) is 0 Å². The Balaban J connectivity index is 2.61. The van der Waals surface area contributed by atoms with Gasteiger partial charge in [-0.3, -0.25) is 5.10 Å². The summed E-state index contributed by atoms with van der Waals surface area (Å²) in [6.45, 7) is 8.68. The predicted octanol–water partition coefficient (Wildman–Crippen LogP) is 3.20. The fraction of sp³-hybridized carbons (Fsp3) is 0.500. The molecule has 2 aromatic heterocycles. The van der Waals surface area contributed by atoms with Crippen LogP contribution >= 0.6 is 0 Å². The van der Waals surface area contributed by atoms with E-state index in [1.165, 1.54) is 11.3 Å². The highest BCUT2D eigenvalue weighted by atomic mass is 15.1. The highest BCUT2D eigenvalue weighted by Crippen LogP contribution is 2.24. The number of rotatable bonds is 2. The van der Waals surface area contributed by atoms with Gasteiger partial charge >= 0.3 is 0 Å². The van der Waals surface area contributed by atoms with Crippen molar-refractivity contribution < 1.29 is 0 Å². The van der Waals surface area contributed by atoms with E-state index in [1.54, 1.807) is 0 Å². The van der Waals surface area contributed by atoms with E-state index in [0.717, 1.165) is 11.0 Å². The first-order valence-corrected chi connectivity index (χ1v) is 5.43. The van der Waals surface area contributed by atoms with Gasteiger partial charge in [0.05, 0.1) is 0 Å². The number of fused-ring (bicyclic) bond motifs is 1. The van der Waals surface area contributed by atoms with Gasteiger partial charge in [0.15, 0.2) is 5.65 Å². The predicted molar refractivity (Wildman–Crippen MR) is 62.1 cm³/mol. The van der Waals surface area contributed by atoms with E-state index in [1.807, 2.05) is 6.20 Å². The van der Waals surface area contributed by atoms with Crippen LogP contribution in [-0.4, -0.2) is 15.2 Å². The number of nitrogens with one attached hydrogen (secondary N) is 1. The van der Waals surface area contributed by atoms with Crippen molar-refractivity contribution in [2.75, 3.05) is 0 Å². The van der Waals surface area contributed by atoms with Gasteiger partial charge in [0.25, 0.3) is 0 Å². The highest BCUT2D eigenvalue weighted by molar-refractivity contribution is 5.78. The third-order valence-corrected chi connectivity index (χ3v) is 2.70. The van der Waals surface area contributed by atoms with Gasteiger partial charge in [-0.15, -0.1) is 0 Å². The van der Waals surface area contributed by atoms with Gasteiger partial charge in [-0.2, -0.15) is 5.10 Å². The molecule has 0 bridgehead atoms. The van der Waals surface area contributed by atoms with Crippen molar-refractivity contribution in [3.63, 3.8) is 0 Å². The summed E-state index contributed by atoms with van der Waals surface area (Å²) in [6, 6.07) is 2.20. The van der Waals surface area contributed by atoms with Crippen LogP contribution < -0.4 is 0 Å². The van der Waals surface area contributed by atoms with Gasteiger partial charge in [-0.05, 0) is 23.5 Å². The SMILES string of the molecule is CC(C)c1cnc2n[nH]c(C(C)C)c2c1. The van der Waals surface area contributed by atoms with Crippen molar-refractivity contribution in [3.8, 4) is 0 Å². The normalized spacial score (nSPS) is 11.9. The molecule has 15 heavy (non-hydrogen) atoms. The molecule has 2 heterocycles. The summed E-state index contributed by atoms with van der Waals surface area (Å²) in [5, 5.41) is 8.43. The molecule has 0 amide bonds. The van der Waals surface area contributed by atoms with Crippen LogP contribution in [0.15, 0.2) is 12.3 Å². The third-order valence-electron chi connectivity index (χ3n) is 2.70. The molecule has 0 spiro atoms. The lowest BCUT2D eigenvalue weighted by Gasteiger charge is -2.05. The van der Waals surface area contributed by atoms with Crippen LogP contribution in [0, 0.1) is 0 Å². The molecule has 0 atom stereocenters. The van der Waals surface area contributed by atoms with Crippen LogP contribution in [0.25, 0.3) is 11.0 Å². The van der Waals surface area contributed by atoms with E-state index in [9.17, 15) is 0 Å². The second-order valence-electron chi connectivity index (χ2n) is 4.59. The molecular weight excluding hydrogens is 186 g/mol. The standard InChI is InChI=1S/C12H17N3/c1-7(2)9-5-10-11(8(3)4)14-15-12(10)13-6-9/h5-8H,1-4H3,(H,13,14,15). The summed E-state index contributed by atoms with van der Waals surface area (Å²) in [5.41, 5.74) is 3.27. The number of aromatic nitrogens is 3. The second kappa shape index (κ2) is 3.65. The minimum atomic E-state index is 0.458. The van der Waals surface area contributed by atoms with Crippen molar-refractivity contribution in [3.05, 3.63) is 23.5 Å². The van der Waals surface area contributed by atoms with E-state index < -0.39 is 0 Å². The zero-order valence-corrected chi connectivity index (χ0v) is 9.70. The van der Waals surface area contributed by atoms with Crippen molar-refractivity contribution in [1.29, 1.82) is 0 Å². The maximum absolute atomic E-state index is 4.36. The summed E-state index contributed by atoms with van der Waals surface area (Å²) in [5.74, 6) is 0.969. The molecule has 0 radical (unpaired) electrons. The van der Waals surface area contributed by atoms with Gasteiger partial charge in [0, 0.05) is 17.3 Å². The molecule has 2 rings (SSSR count). The number of H-pyrrole nitrogens is 1. The maximum Gasteiger partial charge on any atom is 0.181 e. The summed E-state index contributed by atoms with van der Waals surface area (Å²) < 4.78 is 0. The first-order chi connectivity index (χ1) is 7.09. The van der Waals surface area contributed by atoms with Crippen LogP contribution in [0.3, 0.4) is 0 Å². The quantitative estimate of drug-likeness (QED) is 0.814. The number of pyridine rings is 1. The van der Waals surface area contributed by atoms with E-state index >= 15 is 0 Å². The Morgan fingerprint density at radius 3 is 2.47 bits per heavy atom. The molecule has 2 aromatic rings. The van der Waals surface area contributed by atoms with E-state index in [4.69, 9.17) is 0 Å². The minimum absolute atomic E-state index is 0.458. The van der Waals surface area contributed by atoms with E-state index in [-0.39, 0.29) is 0 Å². The molecule has 0 aliphatic carbocycles. The topological polar surface area (TPSA) is 41.6 Å². The zero-order chi connectivity index (χ0) is 11.0. The lowest BCUT2D eigenvalue weighted by atomic mass is 10.0. The Labute approximate surface area is 89.9 Å². The fourth-order valence-electron chi connectivity index (χ4n) is 1.69. The maximum atomic E-state index is 4.36. The smallest absolute Gasteiger partial charge is 0.181 e. The van der Waals surface area contributed by atoms with E-state index in [2.05, 4.69) is 48.9 Å². The zero-order valence-electron chi connectivity index (χ0n) is 9.70. The van der Waals surface area contributed by atoms with Gasteiger partial charge < -0.3 is 0 Å². The molecule has 0 aromatic carbocycles. The Hall–Kier alpha value is -1.38. The number of nitrogens with zero attached hydrogens (tertiary/aromatic N) is 2. The van der Waals surface area contributed by atoms with E-state index in [0.29, 0.717) is 11.8 Å². The molecule has 0 saturated carbocycles. The van der Waals surface area contributed by atoms with Crippen molar-refractivity contribution in [1.82, 2.24) is 15.2 Å². The van der Waals surface area contributed by atoms with Crippen LogP contribution in [-0.2, 0) is 0 Å². The number of aromatic amines is 1. The largest absolute Gasteiger partial charge is 0.279 e. The summed E-state index contributed by atoms with van der Waals surface area (Å²) in [4.78, 5) is 4.36. The summed E-state index contributed by atoms with van der Waals surface area (Å²) >= 11 is 0. The highest BCUT2D eigenvalue weighted by Gasteiger charge is 2.11. The molecule has 0 fully saturated rings. The Morgan fingerprint density at radius 2 is 1.87 bits per heavy atom. The third kappa shape index (κ3) is 1.74. The van der Waals surface area contributed by atoms with Crippen molar-refractivity contribution in [2.45, 2.75) is 39.5 Å². The van der Waals surface area contributed by atoms with Crippen LogP contribution in [0.4, 0.5) is 0 Å². The lowest BCUT2D eigenvalue weighted by Crippen LogP contribution is -1.91. The van der Waals surface area contributed by atoms with Gasteiger partial charge in [0.1, 0.15) is 0 Å². The number of hydrogen-bond donors (Lipinski definition) is 1. The molecule has 1 N–H and O–H groups in total. The van der Waals surface area contributed by atoms with Crippen LogP contribution in [0.5, 0.6) is 0 Å². The molecule has 0 unspecified atom stereocenters. The molecule has 0 aliphatic rings. The van der Waals surface area contributed by atoms with Gasteiger partial charge in [0.2, 0.25) is 0 Å². The first-order valence-electron chi connectivity index (χ1n) is 5.43. The molecule has 80 valence electrons. The second-order valence-corrected chi connectivity index (χ2v) is 4.59. The molecule has 0 saturated heterocycles. The molecule has 3 heteroatoms.